The Labute approximate surface area is 224 Å². The average molecular weight is 517 g/mol. The number of halogens is 1. The molecule has 7 heteroatoms. The van der Waals surface area contributed by atoms with E-state index in [1.54, 1.807) is 41.3 Å². The molecule has 0 aromatic heterocycles. The van der Waals surface area contributed by atoms with Crippen LogP contribution in [0.25, 0.3) is 0 Å². The van der Waals surface area contributed by atoms with Crippen LogP contribution >= 0.6 is 11.6 Å². The van der Waals surface area contributed by atoms with Gasteiger partial charge in [0.05, 0.1) is 11.4 Å². The summed E-state index contributed by atoms with van der Waals surface area (Å²) in [4.78, 5) is 36.4. The van der Waals surface area contributed by atoms with Crippen molar-refractivity contribution < 1.29 is 9.59 Å². The van der Waals surface area contributed by atoms with Crippen molar-refractivity contribution in [2.24, 2.45) is 4.99 Å². The Hall–Kier alpha value is -3.64. The zero-order chi connectivity index (χ0) is 26.6. The predicted octanol–water partition coefficient (Wildman–Crippen LogP) is 6.75. The zero-order valence-electron chi connectivity index (χ0n) is 21.7. The van der Waals surface area contributed by atoms with Crippen molar-refractivity contribution in [2.45, 2.75) is 52.1 Å². The number of nitrogens with one attached hydrogen (secondary N) is 1. The fourth-order valence-corrected chi connectivity index (χ4v) is 4.48. The number of carbonyl (C=O) groups excluding carboxylic acids is 2. The van der Waals surface area contributed by atoms with Gasteiger partial charge in [-0.1, -0.05) is 61.3 Å². The van der Waals surface area contributed by atoms with E-state index >= 15 is 0 Å². The van der Waals surface area contributed by atoms with Crippen molar-refractivity contribution in [1.82, 2.24) is 10.2 Å². The van der Waals surface area contributed by atoms with E-state index in [9.17, 15) is 9.59 Å². The minimum atomic E-state index is -0.646. The molecule has 4 rings (SSSR count). The van der Waals surface area contributed by atoms with Crippen LogP contribution in [-0.4, -0.2) is 34.8 Å². The Morgan fingerprint density at radius 2 is 1.62 bits per heavy atom. The third-order valence-corrected chi connectivity index (χ3v) is 6.28. The lowest BCUT2D eigenvalue weighted by molar-refractivity contribution is -0.126. The number of para-hydroxylation sites is 1. The van der Waals surface area contributed by atoms with Gasteiger partial charge in [0.15, 0.2) is 0 Å². The molecule has 0 fully saturated rings. The number of nitrogens with zero attached hydrogens (tertiary/aromatic N) is 3. The minimum Gasteiger partial charge on any atom is -0.349 e. The van der Waals surface area contributed by atoms with Crippen LogP contribution in [0.1, 0.15) is 62.5 Å². The SMILES string of the molecule is CCCCN1C(N(C(=O)c2ccccc2)c2ccc(Cl)cc2)=Nc2ccccc2C1C(=O)NC(C)(C)C. The number of guanidine groups is 1. The molecule has 0 saturated heterocycles. The van der Waals surface area contributed by atoms with Gasteiger partial charge in [-0.25, -0.2) is 9.89 Å². The number of unbranched alkanes of at least 4 members (excludes halogenated alkanes) is 1. The van der Waals surface area contributed by atoms with Crippen molar-refractivity contribution in [3.63, 3.8) is 0 Å². The molecule has 0 aliphatic carbocycles. The number of aliphatic imine (C=N–C) groups is 1. The largest absolute Gasteiger partial charge is 0.349 e. The first-order valence-corrected chi connectivity index (χ1v) is 13.0. The molecule has 1 aliphatic heterocycles. The second-order valence-electron chi connectivity index (χ2n) is 10.1. The normalized spacial score (nSPS) is 15.0. The number of carbonyl (C=O) groups is 2. The van der Waals surface area contributed by atoms with Crippen LogP contribution in [0.15, 0.2) is 83.9 Å². The maximum atomic E-state index is 14.1. The Morgan fingerprint density at radius 1 is 0.973 bits per heavy atom. The third-order valence-electron chi connectivity index (χ3n) is 6.03. The van der Waals surface area contributed by atoms with Gasteiger partial charge in [0, 0.05) is 28.2 Å². The summed E-state index contributed by atoms with van der Waals surface area (Å²) in [6, 6.07) is 23.2. The van der Waals surface area contributed by atoms with Crippen LogP contribution in [0.4, 0.5) is 11.4 Å². The van der Waals surface area contributed by atoms with Gasteiger partial charge in [-0.05, 0) is 69.7 Å². The molecule has 37 heavy (non-hydrogen) atoms. The van der Waals surface area contributed by atoms with Crippen LogP contribution in [0.5, 0.6) is 0 Å². The highest BCUT2D eigenvalue weighted by molar-refractivity contribution is 6.31. The molecule has 0 bridgehead atoms. The molecule has 3 aromatic carbocycles. The molecule has 1 aliphatic rings. The van der Waals surface area contributed by atoms with Crippen molar-refractivity contribution in [1.29, 1.82) is 0 Å². The highest BCUT2D eigenvalue weighted by Crippen LogP contribution is 2.38. The van der Waals surface area contributed by atoms with E-state index in [-0.39, 0.29) is 11.8 Å². The molecule has 1 N–H and O–H groups in total. The summed E-state index contributed by atoms with van der Waals surface area (Å²) in [5.74, 6) is 0.0431. The molecule has 1 heterocycles. The van der Waals surface area contributed by atoms with Crippen LogP contribution < -0.4 is 10.2 Å². The number of benzene rings is 3. The first-order valence-electron chi connectivity index (χ1n) is 12.6. The highest BCUT2D eigenvalue weighted by atomic mass is 35.5. The predicted molar refractivity (Wildman–Crippen MR) is 150 cm³/mol. The molecule has 0 saturated carbocycles. The van der Waals surface area contributed by atoms with E-state index in [4.69, 9.17) is 16.6 Å². The quantitative estimate of drug-likeness (QED) is 0.394. The van der Waals surface area contributed by atoms with Crippen molar-refractivity contribution in [3.8, 4) is 0 Å². The molecule has 1 unspecified atom stereocenters. The Balaban J connectivity index is 1.92. The number of rotatable bonds is 6. The van der Waals surface area contributed by atoms with Gasteiger partial charge < -0.3 is 10.2 Å². The summed E-state index contributed by atoms with van der Waals surface area (Å²) in [5, 5.41) is 3.71. The standard InChI is InChI=1S/C30H33ClN4O2/c1-5-6-20-34-26(27(36)33-30(2,3)4)24-14-10-11-15-25(24)32-29(34)35(23-18-16-22(31)17-19-23)28(37)21-12-8-7-9-13-21/h7-19,26H,5-6,20H2,1-4H3,(H,33,36). The van der Waals surface area contributed by atoms with Gasteiger partial charge in [0.25, 0.3) is 5.91 Å². The topological polar surface area (TPSA) is 65.0 Å². The summed E-state index contributed by atoms with van der Waals surface area (Å²) in [5.41, 5.74) is 2.19. The van der Waals surface area contributed by atoms with Crippen molar-refractivity contribution in [2.75, 3.05) is 11.4 Å². The van der Waals surface area contributed by atoms with Crippen LogP contribution in [0.3, 0.4) is 0 Å². The lowest BCUT2D eigenvalue weighted by Gasteiger charge is -2.41. The first-order chi connectivity index (χ1) is 17.7. The monoisotopic (exact) mass is 516 g/mol. The number of anilines is 1. The average Bonchev–Trinajstić information content (AvgIpc) is 2.87. The summed E-state index contributed by atoms with van der Waals surface area (Å²) in [7, 11) is 0. The maximum absolute atomic E-state index is 14.1. The van der Waals surface area contributed by atoms with E-state index in [1.807, 2.05) is 68.1 Å². The van der Waals surface area contributed by atoms with Crippen molar-refractivity contribution >= 4 is 40.7 Å². The van der Waals surface area contributed by atoms with Gasteiger partial charge >= 0.3 is 0 Å². The second kappa shape index (κ2) is 11.2. The number of amides is 2. The smallest absolute Gasteiger partial charge is 0.265 e. The molecular weight excluding hydrogens is 484 g/mol. The van der Waals surface area contributed by atoms with Crippen molar-refractivity contribution in [3.05, 3.63) is 95.0 Å². The maximum Gasteiger partial charge on any atom is 0.265 e. The Morgan fingerprint density at radius 3 is 2.27 bits per heavy atom. The lowest BCUT2D eigenvalue weighted by Crippen LogP contribution is -2.55. The van der Waals surface area contributed by atoms with Crippen LogP contribution in [-0.2, 0) is 4.79 Å². The molecule has 6 nitrogen and oxygen atoms in total. The summed E-state index contributed by atoms with van der Waals surface area (Å²) in [6.45, 7) is 8.54. The fraction of sp³-hybridized carbons (Fsp3) is 0.300. The molecule has 0 radical (unpaired) electrons. The zero-order valence-corrected chi connectivity index (χ0v) is 22.5. The van der Waals surface area contributed by atoms with E-state index in [0.717, 1.165) is 18.4 Å². The summed E-state index contributed by atoms with van der Waals surface area (Å²) >= 11 is 6.19. The fourth-order valence-electron chi connectivity index (χ4n) is 4.36. The Kier molecular flexibility index (Phi) is 7.98. The first kappa shape index (κ1) is 26.4. The molecular formula is C30H33ClN4O2. The Bertz CT molecular complexity index is 1280. The summed E-state index contributed by atoms with van der Waals surface area (Å²) < 4.78 is 0. The van der Waals surface area contributed by atoms with E-state index < -0.39 is 11.6 Å². The van der Waals surface area contributed by atoms with Gasteiger partial charge in [0.1, 0.15) is 6.04 Å². The molecule has 1 atom stereocenters. The third kappa shape index (κ3) is 6.03. The van der Waals surface area contributed by atoms with Gasteiger partial charge in [-0.3, -0.25) is 9.59 Å². The number of hydrogen-bond acceptors (Lipinski definition) is 4. The van der Waals surface area contributed by atoms with Gasteiger partial charge in [-0.15, -0.1) is 0 Å². The lowest BCUT2D eigenvalue weighted by atomic mass is 9.98. The molecule has 0 spiro atoms. The van der Waals surface area contributed by atoms with Gasteiger partial charge in [-0.2, -0.15) is 0 Å². The van der Waals surface area contributed by atoms with E-state index in [0.29, 0.717) is 34.5 Å². The van der Waals surface area contributed by atoms with Crippen LogP contribution in [0.2, 0.25) is 5.02 Å². The van der Waals surface area contributed by atoms with E-state index in [2.05, 4.69) is 12.2 Å². The summed E-state index contributed by atoms with van der Waals surface area (Å²) in [6.07, 6.45) is 1.75. The second-order valence-corrected chi connectivity index (χ2v) is 10.6. The van der Waals surface area contributed by atoms with Gasteiger partial charge in [0.2, 0.25) is 11.9 Å². The van der Waals surface area contributed by atoms with Crippen LogP contribution in [0, 0.1) is 0 Å². The molecule has 2 amide bonds. The highest BCUT2D eigenvalue weighted by Gasteiger charge is 2.40. The molecule has 3 aromatic rings. The number of hydrogen-bond donors (Lipinski definition) is 1. The van der Waals surface area contributed by atoms with E-state index in [1.165, 1.54) is 0 Å². The number of fused-ring (bicyclic) bond motifs is 1. The molecule has 192 valence electrons. The minimum absolute atomic E-state index is 0.133.